The third-order valence-electron chi connectivity index (χ3n) is 3.55. The number of nitrogens with one attached hydrogen (secondary N) is 1. The Labute approximate surface area is 123 Å². The third-order valence-corrected chi connectivity index (χ3v) is 3.55. The number of anilines is 3. The molecule has 0 saturated heterocycles. The molecule has 5 nitrogen and oxygen atoms in total. The van der Waals surface area contributed by atoms with Crippen molar-refractivity contribution < 1.29 is 0 Å². The molecular formula is C16H19N5. The molecule has 0 aliphatic rings. The van der Waals surface area contributed by atoms with Gasteiger partial charge in [0, 0.05) is 24.3 Å². The first-order valence-electron chi connectivity index (χ1n) is 7.12. The monoisotopic (exact) mass is 281 g/mol. The van der Waals surface area contributed by atoms with Crippen LogP contribution in [0.15, 0.2) is 36.5 Å². The first-order valence-corrected chi connectivity index (χ1v) is 7.12. The molecule has 0 radical (unpaired) electrons. The summed E-state index contributed by atoms with van der Waals surface area (Å²) in [6.45, 7) is 2.12. The molecule has 0 unspecified atom stereocenters. The fourth-order valence-electron chi connectivity index (χ4n) is 2.51. The second-order valence-electron chi connectivity index (χ2n) is 5.08. The fraction of sp³-hybridized carbons (Fsp3) is 0.250. The Balaban J connectivity index is 2.03. The molecule has 2 heterocycles. The lowest BCUT2D eigenvalue weighted by Gasteiger charge is -2.10. The Kier molecular flexibility index (Phi) is 3.48. The number of rotatable bonds is 4. The Morgan fingerprint density at radius 3 is 2.90 bits per heavy atom. The van der Waals surface area contributed by atoms with E-state index in [2.05, 4.69) is 22.3 Å². The standard InChI is InChI=1S/C16H19N5/c1-3-6-14-15(17)16(21(2)20-14)19-13-9-4-8-12-11(13)7-5-10-18-12/h4-5,7-10,19H,3,6,17H2,1-2H3. The van der Waals surface area contributed by atoms with Crippen molar-refractivity contribution in [2.24, 2.45) is 7.05 Å². The van der Waals surface area contributed by atoms with E-state index in [-0.39, 0.29) is 0 Å². The molecular weight excluding hydrogens is 262 g/mol. The maximum absolute atomic E-state index is 6.22. The van der Waals surface area contributed by atoms with Gasteiger partial charge in [0.05, 0.1) is 16.9 Å². The molecule has 108 valence electrons. The van der Waals surface area contributed by atoms with Crippen LogP contribution < -0.4 is 11.1 Å². The highest BCUT2D eigenvalue weighted by molar-refractivity contribution is 5.93. The molecule has 0 fully saturated rings. The molecule has 5 heteroatoms. The van der Waals surface area contributed by atoms with Crippen LogP contribution in [0.1, 0.15) is 19.0 Å². The zero-order valence-electron chi connectivity index (χ0n) is 12.3. The van der Waals surface area contributed by atoms with E-state index in [4.69, 9.17) is 5.73 Å². The van der Waals surface area contributed by atoms with Gasteiger partial charge in [0.15, 0.2) is 5.82 Å². The Morgan fingerprint density at radius 2 is 2.10 bits per heavy atom. The van der Waals surface area contributed by atoms with E-state index in [0.29, 0.717) is 0 Å². The second kappa shape index (κ2) is 5.44. The van der Waals surface area contributed by atoms with Gasteiger partial charge < -0.3 is 11.1 Å². The van der Waals surface area contributed by atoms with Crippen LogP contribution in [0.5, 0.6) is 0 Å². The third kappa shape index (κ3) is 2.42. The maximum atomic E-state index is 6.22. The first-order chi connectivity index (χ1) is 10.2. The van der Waals surface area contributed by atoms with Gasteiger partial charge in [0.2, 0.25) is 0 Å². The van der Waals surface area contributed by atoms with Gasteiger partial charge in [-0.05, 0) is 30.7 Å². The fourth-order valence-corrected chi connectivity index (χ4v) is 2.51. The van der Waals surface area contributed by atoms with E-state index in [0.717, 1.165) is 46.6 Å². The number of nitrogens with two attached hydrogens (primary N) is 1. The summed E-state index contributed by atoms with van der Waals surface area (Å²) in [5.41, 5.74) is 9.83. The summed E-state index contributed by atoms with van der Waals surface area (Å²) in [5.74, 6) is 0.829. The lowest BCUT2D eigenvalue weighted by molar-refractivity contribution is 0.740. The SMILES string of the molecule is CCCc1nn(C)c(Nc2cccc3ncccc23)c1N. The number of fused-ring (bicyclic) bond motifs is 1. The van der Waals surface area contributed by atoms with Crippen molar-refractivity contribution in [3.8, 4) is 0 Å². The number of hydrogen-bond donors (Lipinski definition) is 2. The van der Waals surface area contributed by atoms with Crippen LogP contribution in [0.25, 0.3) is 10.9 Å². The normalized spacial score (nSPS) is 11.0. The van der Waals surface area contributed by atoms with E-state index in [9.17, 15) is 0 Å². The van der Waals surface area contributed by atoms with Gasteiger partial charge in [-0.25, -0.2) is 0 Å². The van der Waals surface area contributed by atoms with Crippen LogP contribution in [-0.4, -0.2) is 14.8 Å². The Morgan fingerprint density at radius 1 is 1.24 bits per heavy atom. The summed E-state index contributed by atoms with van der Waals surface area (Å²) >= 11 is 0. The highest BCUT2D eigenvalue weighted by atomic mass is 15.3. The molecule has 0 aliphatic heterocycles. The summed E-state index contributed by atoms with van der Waals surface area (Å²) in [6.07, 6.45) is 3.71. The van der Waals surface area contributed by atoms with Crippen LogP contribution in [0.3, 0.4) is 0 Å². The van der Waals surface area contributed by atoms with Gasteiger partial charge in [-0.15, -0.1) is 0 Å². The number of pyridine rings is 1. The summed E-state index contributed by atoms with van der Waals surface area (Å²) in [6, 6.07) is 9.98. The van der Waals surface area contributed by atoms with E-state index in [1.54, 1.807) is 10.9 Å². The molecule has 3 N–H and O–H groups in total. The molecule has 0 amide bonds. The molecule has 0 saturated carbocycles. The highest BCUT2D eigenvalue weighted by Crippen LogP contribution is 2.30. The smallest absolute Gasteiger partial charge is 0.152 e. The number of nitrogen functional groups attached to an aromatic ring is 1. The van der Waals surface area contributed by atoms with Gasteiger partial charge in [-0.2, -0.15) is 5.10 Å². The maximum Gasteiger partial charge on any atom is 0.152 e. The minimum absolute atomic E-state index is 0.722. The molecule has 0 aliphatic carbocycles. The van der Waals surface area contributed by atoms with E-state index < -0.39 is 0 Å². The zero-order chi connectivity index (χ0) is 14.8. The predicted molar refractivity (Wildman–Crippen MR) is 86.6 cm³/mol. The van der Waals surface area contributed by atoms with Crippen LogP contribution in [0.4, 0.5) is 17.2 Å². The largest absolute Gasteiger partial charge is 0.394 e. The molecule has 21 heavy (non-hydrogen) atoms. The predicted octanol–water partition coefficient (Wildman–Crippen LogP) is 3.25. The quantitative estimate of drug-likeness (QED) is 0.770. The van der Waals surface area contributed by atoms with E-state index >= 15 is 0 Å². The second-order valence-corrected chi connectivity index (χ2v) is 5.08. The number of aryl methyl sites for hydroxylation is 2. The van der Waals surface area contributed by atoms with Crippen LogP contribution >= 0.6 is 0 Å². The molecule has 3 aromatic rings. The van der Waals surface area contributed by atoms with Crippen molar-refractivity contribution in [1.82, 2.24) is 14.8 Å². The van der Waals surface area contributed by atoms with Crippen molar-refractivity contribution in [1.29, 1.82) is 0 Å². The average molecular weight is 281 g/mol. The van der Waals surface area contributed by atoms with Crippen LogP contribution in [-0.2, 0) is 13.5 Å². The van der Waals surface area contributed by atoms with Crippen molar-refractivity contribution in [2.75, 3.05) is 11.1 Å². The number of nitrogens with zero attached hydrogens (tertiary/aromatic N) is 3. The van der Waals surface area contributed by atoms with Crippen LogP contribution in [0, 0.1) is 0 Å². The van der Waals surface area contributed by atoms with Gasteiger partial charge in [-0.3, -0.25) is 9.67 Å². The van der Waals surface area contributed by atoms with Crippen LogP contribution in [0.2, 0.25) is 0 Å². The summed E-state index contributed by atoms with van der Waals surface area (Å²) < 4.78 is 1.80. The first kappa shape index (κ1) is 13.4. The van der Waals surface area contributed by atoms with Gasteiger partial charge in [0.1, 0.15) is 0 Å². The van der Waals surface area contributed by atoms with E-state index in [1.165, 1.54) is 0 Å². The van der Waals surface area contributed by atoms with E-state index in [1.807, 2.05) is 37.4 Å². The van der Waals surface area contributed by atoms with Gasteiger partial charge in [0.25, 0.3) is 0 Å². The summed E-state index contributed by atoms with van der Waals surface area (Å²) in [4.78, 5) is 4.37. The minimum atomic E-state index is 0.722. The number of benzene rings is 1. The molecule has 0 bridgehead atoms. The zero-order valence-corrected chi connectivity index (χ0v) is 12.3. The summed E-state index contributed by atoms with van der Waals surface area (Å²) in [7, 11) is 1.90. The number of aromatic nitrogens is 3. The Hall–Kier alpha value is -2.56. The lowest BCUT2D eigenvalue weighted by atomic mass is 10.2. The summed E-state index contributed by atoms with van der Waals surface area (Å²) in [5, 5.41) is 8.95. The molecule has 0 atom stereocenters. The molecule has 1 aromatic carbocycles. The van der Waals surface area contributed by atoms with Crippen molar-refractivity contribution in [3.05, 3.63) is 42.2 Å². The molecule has 0 spiro atoms. The Bertz CT molecular complexity index is 770. The number of hydrogen-bond acceptors (Lipinski definition) is 4. The lowest BCUT2D eigenvalue weighted by Crippen LogP contribution is -2.01. The average Bonchev–Trinajstić information content (AvgIpc) is 2.76. The molecule has 2 aromatic heterocycles. The topological polar surface area (TPSA) is 68.8 Å². The van der Waals surface area contributed by atoms with Gasteiger partial charge >= 0.3 is 0 Å². The minimum Gasteiger partial charge on any atom is -0.394 e. The van der Waals surface area contributed by atoms with Crippen molar-refractivity contribution >= 4 is 28.1 Å². The van der Waals surface area contributed by atoms with Gasteiger partial charge in [-0.1, -0.05) is 19.4 Å². The highest BCUT2D eigenvalue weighted by Gasteiger charge is 2.13. The molecule has 3 rings (SSSR count). The van der Waals surface area contributed by atoms with Crippen molar-refractivity contribution in [2.45, 2.75) is 19.8 Å². The van der Waals surface area contributed by atoms with Crippen molar-refractivity contribution in [3.63, 3.8) is 0 Å².